The van der Waals surface area contributed by atoms with Crippen molar-refractivity contribution in [3.05, 3.63) is 42.0 Å². The fraction of sp³-hybridized carbons (Fsp3) is 0.333. The Bertz CT molecular complexity index is 897. The highest BCUT2D eigenvalue weighted by Gasteiger charge is 2.24. The van der Waals surface area contributed by atoms with Crippen LogP contribution in [-0.4, -0.2) is 35.9 Å². The van der Waals surface area contributed by atoms with Crippen LogP contribution in [0.3, 0.4) is 0 Å². The average molecular weight is 379 g/mol. The van der Waals surface area contributed by atoms with E-state index in [2.05, 4.69) is 4.72 Å². The third-order valence-electron chi connectivity index (χ3n) is 4.06. The van der Waals surface area contributed by atoms with Gasteiger partial charge in [-0.25, -0.2) is 13.1 Å². The lowest BCUT2D eigenvalue weighted by atomic mass is 10.1. The van der Waals surface area contributed by atoms with E-state index >= 15 is 0 Å². The standard InChI is InChI=1S/C18H21NO6S/c1-12(13-4-6-15-17(10-13)25-9-8-24-15)19-26(20,21)18-11-14(22-2)5-7-16(18)23-3/h4-7,10-12,19H,8-9H2,1-3H3. The molecule has 0 radical (unpaired) electrons. The molecule has 3 rings (SSSR count). The Morgan fingerprint density at radius 3 is 2.42 bits per heavy atom. The first-order valence-electron chi connectivity index (χ1n) is 8.08. The molecule has 26 heavy (non-hydrogen) atoms. The van der Waals surface area contributed by atoms with Gasteiger partial charge in [0.1, 0.15) is 29.6 Å². The number of fused-ring (bicyclic) bond motifs is 1. The van der Waals surface area contributed by atoms with Gasteiger partial charge in [0.2, 0.25) is 10.0 Å². The third kappa shape index (κ3) is 3.71. The summed E-state index contributed by atoms with van der Waals surface area (Å²) < 4.78 is 49.7. The maximum absolute atomic E-state index is 12.8. The number of ether oxygens (including phenoxy) is 4. The van der Waals surface area contributed by atoms with Gasteiger partial charge in [-0.3, -0.25) is 0 Å². The topological polar surface area (TPSA) is 83.1 Å². The molecule has 7 nitrogen and oxygen atoms in total. The molecule has 1 atom stereocenters. The number of hydrogen-bond donors (Lipinski definition) is 1. The summed E-state index contributed by atoms with van der Waals surface area (Å²) in [7, 11) is -0.934. The molecule has 0 saturated heterocycles. The van der Waals surface area contributed by atoms with Crippen LogP contribution in [0, 0.1) is 0 Å². The molecule has 0 spiro atoms. The van der Waals surface area contributed by atoms with Crippen LogP contribution in [0.4, 0.5) is 0 Å². The molecular formula is C18H21NO6S. The average Bonchev–Trinajstić information content (AvgIpc) is 2.66. The minimum Gasteiger partial charge on any atom is -0.497 e. The minimum absolute atomic E-state index is 0.0174. The summed E-state index contributed by atoms with van der Waals surface area (Å²) in [6.45, 7) is 2.73. The summed E-state index contributed by atoms with van der Waals surface area (Å²) in [5, 5.41) is 0. The van der Waals surface area contributed by atoms with Crippen LogP contribution in [0.1, 0.15) is 18.5 Å². The first kappa shape index (κ1) is 18.3. The predicted molar refractivity (Wildman–Crippen MR) is 95.7 cm³/mol. The van der Waals surface area contributed by atoms with Gasteiger partial charge < -0.3 is 18.9 Å². The molecular weight excluding hydrogens is 358 g/mol. The molecule has 1 unspecified atom stereocenters. The zero-order valence-electron chi connectivity index (χ0n) is 14.8. The number of hydrogen-bond acceptors (Lipinski definition) is 6. The largest absolute Gasteiger partial charge is 0.497 e. The summed E-state index contributed by atoms with van der Waals surface area (Å²) in [4.78, 5) is 0.0174. The van der Waals surface area contributed by atoms with E-state index < -0.39 is 16.1 Å². The number of sulfonamides is 1. The van der Waals surface area contributed by atoms with E-state index in [9.17, 15) is 8.42 Å². The number of methoxy groups -OCH3 is 2. The molecule has 1 aliphatic heterocycles. The molecule has 2 aromatic carbocycles. The second-order valence-electron chi connectivity index (χ2n) is 5.76. The molecule has 0 amide bonds. The maximum Gasteiger partial charge on any atom is 0.244 e. The quantitative estimate of drug-likeness (QED) is 0.830. The Morgan fingerprint density at radius 1 is 1.00 bits per heavy atom. The van der Waals surface area contributed by atoms with Gasteiger partial charge in [-0.05, 0) is 36.8 Å². The van der Waals surface area contributed by atoms with Crippen molar-refractivity contribution in [3.8, 4) is 23.0 Å². The van der Waals surface area contributed by atoms with Gasteiger partial charge in [-0.1, -0.05) is 6.07 Å². The van der Waals surface area contributed by atoms with Gasteiger partial charge in [0.25, 0.3) is 0 Å². The molecule has 140 valence electrons. The summed E-state index contributed by atoms with van der Waals surface area (Å²) in [6.07, 6.45) is 0. The van der Waals surface area contributed by atoms with Crippen LogP contribution in [0.25, 0.3) is 0 Å². The number of nitrogens with one attached hydrogen (secondary N) is 1. The minimum atomic E-state index is -3.83. The van der Waals surface area contributed by atoms with E-state index in [-0.39, 0.29) is 10.6 Å². The third-order valence-corrected chi connectivity index (χ3v) is 5.62. The monoisotopic (exact) mass is 379 g/mol. The summed E-state index contributed by atoms with van der Waals surface area (Å²) >= 11 is 0. The van der Waals surface area contributed by atoms with Crippen LogP contribution >= 0.6 is 0 Å². The molecule has 0 aliphatic carbocycles. The van der Waals surface area contributed by atoms with Gasteiger partial charge in [0.15, 0.2) is 11.5 Å². The molecule has 1 heterocycles. The van der Waals surface area contributed by atoms with E-state index in [1.165, 1.54) is 20.3 Å². The fourth-order valence-electron chi connectivity index (χ4n) is 2.69. The van der Waals surface area contributed by atoms with Crippen molar-refractivity contribution in [2.24, 2.45) is 0 Å². The van der Waals surface area contributed by atoms with E-state index in [4.69, 9.17) is 18.9 Å². The predicted octanol–water partition coefficient (Wildman–Crippen LogP) is 2.51. The lowest BCUT2D eigenvalue weighted by Gasteiger charge is -2.21. The van der Waals surface area contributed by atoms with Gasteiger partial charge in [0.05, 0.1) is 14.2 Å². The molecule has 2 aromatic rings. The summed E-state index contributed by atoms with van der Waals surface area (Å²) in [5.74, 6) is 1.94. The van der Waals surface area contributed by atoms with Crippen molar-refractivity contribution in [1.82, 2.24) is 4.72 Å². The first-order chi connectivity index (χ1) is 12.4. The zero-order chi connectivity index (χ0) is 18.7. The van der Waals surface area contributed by atoms with Gasteiger partial charge in [0, 0.05) is 12.1 Å². The summed E-state index contributed by atoms with van der Waals surface area (Å²) in [6, 6.07) is 9.52. The molecule has 8 heteroatoms. The fourth-order valence-corrected chi connectivity index (χ4v) is 4.10. The Kier molecular flexibility index (Phi) is 5.24. The Labute approximate surface area is 152 Å². The van der Waals surface area contributed by atoms with Crippen LogP contribution in [0.2, 0.25) is 0 Å². The highest BCUT2D eigenvalue weighted by molar-refractivity contribution is 7.89. The van der Waals surface area contributed by atoms with Gasteiger partial charge >= 0.3 is 0 Å². The Morgan fingerprint density at radius 2 is 1.73 bits per heavy atom. The molecule has 0 saturated carbocycles. The second-order valence-corrected chi connectivity index (χ2v) is 7.45. The Balaban J connectivity index is 1.87. The number of benzene rings is 2. The van der Waals surface area contributed by atoms with Crippen molar-refractivity contribution in [3.63, 3.8) is 0 Å². The van der Waals surface area contributed by atoms with Crippen molar-refractivity contribution >= 4 is 10.0 Å². The smallest absolute Gasteiger partial charge is 0.244 e. The number of rotatable bonds is 6. The van der Waals surface area contributed by atoms with E-state index in [0.717, 1.165) is 5.56 Å². The highest BCUT2D eigenvalue weighted by atomic mass is 32.2. The molecule has 0 fully saturated rings. The van der Waals surface area contributed by atoms with E-state index in [0.29, 0.717) is 30.5 Å². The zero-order valence-corrected chi connectivity index (χ0v) is 15.6. The van der Waals surface area contributed by atoms with Crippen LogP contribution < -0.4 is 23.7 Å². The van der Waals surface area contributed by atoms with Gasteiger partial charge in [-0.15, -0.1) is 0 Å². The molecule has 0 aromatic heterocycles. The molecule has 0 bridgehead atoms. The first-order valence-corrected chi connectivity index (χ1v) is 9.57. The Hall–Kier alpha value is -2.45. The second kappa shape index (κ2) is 7.43. The molecule has 1 aliphatic rings. The van der Waals surface area contributed by atoms with Crippen molar-refractivity contribution < 1.29 is 27.4 Å². The van der Waals surface area contributed by atoms with Crippen LogP contribution in [0.15, 0.2) is 41.3 Å². The summed E-state index contributed by atoms with van der Waals surface area (Å²) in [5.41, 5.74) is 0.764. The van der Waals surface area contributed by atoms with E-state index in [1.54, 1.807) is 31.2 Å². The van der Waals surface area contributed by atoms with Crippen LogP contribution in [0.5, 0.6) is 23.0 Å². The normalized spacial score (nSPS) is 14.6. The maximum atomic E-state index is 12.8. The lowest BCUT2D eigenvalue weighted by Crippen LogP contribution is -2.27. The SMILES string of the molecule is COc1ccc(OC)c(S(=O)(=O)NC(C)c2ccc3c(c2)OCCO3)c1. The van der Waals surface area contributed by atoms with Crippen LogP contribution in [-0.2, 0) is 10.0 Å². The highest BCUT2D eigenvalue weighted by Crippen LogP contribution is 2.34. The van der Waals surface area contributed by atoms with Crippen molar-refractivity contribution in [2.45, 2.75) is 17.9 Å². The lowest BCUT2D eigenvalue weighted by molar-refractivity contribution is 0.171. The van der Waals surface area contributed by atoms with Crippen molar-refractivity contribution in [1.29, 1.82) is 0 Å². The van der Waals surface area contributed by atoms with E-state index in [1.807, 2.05) is 6.07 Å². The van der Waals surface area contributed by atoms with Crippen molar-refractivity contribution in [2.75, 3.05) is 27.4 Å². The van der Waals surface area contributed by atoms with Gasteiger partial charge in [-0.2, -0.15) is 0 Å². The molecule has 1 N–H and O–H groups in total.